The molecule has 0 atom stereocenters. The van der Waals surface area contributed by atoms with Crippen LogP contribution in [0.5, 0.6) is 0 Å². The third-order valence-electron chi connectivity index (χ3n) is 2.42. The maximum Gasteiger partial charge on any atom is 0.273 e. The maximum atomic E-state index is 11.8. The summed E-state index contributed by atoms with van der Waals surface area (Å²) in [5.74, 6) is -0.0167. The number of aldehydes is 1. The predicted molar refractivity (Wildman–Crippen MR) is 71.2 cm³/mol. The van der Waals surface area contributed by atoms with E-state index in [9.17, 15) is 13.2 Å². The highest BCUT2D eigenvalue weighted by molar-refractivity contribution is 7.89. The zero-order valence-corrected chi connectivity index (χ0v) is 12.1. The van der Waals surface area contributed by atoms with Crippen molar-refractivity contribution in [3.05, 3.63) is 17.9 Å². The number of ether oxygens (including phenoxy) is 2. The third kappa shape index (κ3) is 5.83. The Morgan fingerprint density at radius 3 is 2.70 bits per heavy atom. The Morgan fingerprint density at radius 1 is 1.25 bits per heavy atom. The van der Waals surface area contributed by atoms with Crippen molar-refractivity contribution in [2.75, 3.05) is 33.5 Å². The van der Waals surface area contributed by atoms with Gasteiger partial charge in [-0.15, -0.1) is 0 Å². The Kier molecular flexibility index (Phi) is 7.45. The molecule has 20 heavy (non-hydrogen) atoms. The average molecular weight is 305 g/mol. The van der Waals surface area contributed by atoms with Crippen LogP contribution in [-0.4, -0.2) is 48.2 Å². The zero-order chi connectivity index (χ0) is 14.8. The van der Waals surface area contributed by atoms with Crippen LogP contribution < -0.4 is 4.72 Å². The van der Waals surface area contributed by atoms with Crippen molar-refractivity contribution >= 4 is 16.3 Å². The fourth-order valence-corrected chi connectivity index (χ4v) is 2.40. The molecule has 0 spiro atoms. The predicted octanol–water partition coefficient (Wildman–Crippen LogP) is 0.814. The van der Waals surface area contributed by atoms with E-state index in [0.29, 0.717) is 32.5 Å². The third-order valence-corrected chi connectivity index (χ3v) is 3.76. The van der Waals surface area contributed by atoms with Gasteiger partial charge in [-0.05, 0) is 25.0 Å². The molecule has 1 aromatic rings. The van der Waals surface area contributed by atoms with Gasteiger partial charge in [0.2, 0.25) is 5.09 Å². The molecule has 0 fully saturated rings. The molecule has 0 radical (unpaired) electrons. The average Bonchev–Trinajstić information content (AvgIpc) is 2.91. The molecule has 0 saturated heterocycles. The van der Waals surface area contributed by atoms with Gasteiger partial charge in [0.05, 0.1) is 13.2 Å². The van der Waals surface area contributed by atoms with Crippen LogP contribution in [0.25, 0.3) is 0 Å². The van der Waals surface area contributed by atoms with E-state index in [1.54, 1.807) is 7.11 Å². The summed E-state index contributed by atoms with van der Waals surface area (Å²) < 4.78 is 40.9. The molecule has 1 rings (SSSR count). The number of methoxy groups -OCH3 is 1. The molecular weight excluding hydrogens is 286 g/mol. The van der Waals surface area contributed by atoms with Crippen molar-refractivity contribution in [3.8, 4) is 0 Å². The highest BCUT2D eigenvalue weighted by Crippen LogP contribution is 2.12. The summed E-state index contributed by atoms with van der Waals surface area (Å²) in [6.07, 6.45) is 1.84. The molecule has 1 heterocycles. The van der Waals surface area contributed by atoms with Gasteiger partial charge in [0.25, 0.3) is 10.0 Å². The van der Waals surface area contributed by atoms with E-state index in [-0.39, 0.29) is 17.4 Å². The zero-order valence-electron chi connectivity index (χ0n) is 11.3. The molecule has 0 aliphatic rings. The van der Waals surface area contributed by atoms with E-state index in [1.165, 1.54) is 12.1 Å². The van der Waals surface area contributed by atoms with E-state index >= 15 is 0 Å². The topological polar surface area (TPSA) is 94.8 Å². The lowest BCUT2D eigenvalue weighted by molar-refractivity contribution is 0.0689. The molecule has 0 aliphatic heterocycles. The standard InChI is InChI=1S/C12H19NO6S/c1-17-8-9-18-7-3-2-6-13-20(15,16)12-5-4-11(10-14)19-12/h4-5,10,13H,2-3,6-9H2,1H3. The first kappa shape index (κ1) is 16.8. The fraction of sp³-hybridized carbons (Fsp3) is 0.583. The second kappa shape index (κ2) is 8.85. The number of rotatable bonds is 11. The summed E-state index contributed by atoms with van der Waals surface area (Å²) in [5, 5.41) is -0.254. The van der Waals surface area contributed by atoms with Gasteiger partial charge in [-0.2, -0.15) is 0 Å². The molecule has 0 bridgehead atoms. The summed E-state index contributed by atoms with van der Waals surface area (Å²) in [6.45, 7) is 1.92. The molecule has 1 aromatic heterocycles. The number of carbonyl (C=O) groups is 1. The highest BCUT2D eigenvalue weighted by Gasteiger charge is 2.17. The van der Waals surface area contributed by atoms with Gasteiger partial charge in [-0.3, -0.25) is 4.79 Å². The lowest BCUT2D eigenvalue weighted by Gasteiger charge is -2.05. The molecule has 0 saturated carbocycles. The van der Waals surface area contributed by atoms with Crippen LogP contribution in [0.1, 0.15) is 23.4 Å². The summed E-state index contributed by atoms with van der Waals surface area (Å²) >= 11 is 0. The minimum Gasteiger partial charge on any atom is -0.440 e. The van der Waals surface area contributed by atoms with Crippen molar-refractivity contribution in [3.63, 3.8) is 0 Å². The summed E-state index contributed by atoms with van der Waals surface area (Å²) in [7, 11) is -2.09. The Morgan fingerprint density at radius 2 is 2.05 bits per heavy atom. The fourth-order valence-electron chi connectivity index (χ4n) is 1.39. The molecule has 0 aromatic carbocycles. The number of furan rings is 1. The van der Waals surface area contributed by atoms with Crippen LogP contribution in [0.2, 0.25) is 0 Å². The van der Waals surface area contributed by atoms with E-state index in [1.807, 2.05) is 0 Å². The number of hydrogen-bond acceptors (Lipinski definition) is 6. The van der Waals surface area contributed by atoms with Crippen molar-refractivity contribution in [1.82, 2.24) is 4.72 Å². The van der Waals surface area contributed by atoms with Gasteiger partial charge in [0.15, 0.2) is 12.0 Å². The second-order valence-corrected chi connectivity index (χ2v) is 5.68. The Labute approximate surface area is 118 Å². The van der Waals surface area contributed by atoms with Crippen LogP contribution in [0.4, 0.5) is 0 Å². The van der Waals surface area contributed by atoms with E-state index < -0.39 is 10.0 Å². The number of unbranched alkanes of at least 4 members (excludes halogenated alkanes) is 1. The summed E-state index contributed by atoms with van der Waals surface area (Å²) in [4.78, 5) is 10.4. The lowest BCUT2D eigenvalue weighted by Crippen LogP contribution is -2.24. The molecule has 0 amide bonds. The molecule has 1 N–H and O–H groups in total. The number of carbonyl (C=O) groups excluding carboxylic acids is 1. The van der Waals surface area contributed by atoms with Gasteiger partial charge in [0.1, 0.15) is 0 Å². The number of nitrogens with one attached hydrogen (secondary N) is 1. The number of hydrogen-bond donors (Lipinski definition) is 1. The SMILES string of the molecule is COCCOCCCCNS(=O)(=O)c1ccc(C=O)o1. The Hall–Kier alpha value is -1.22. The normalized spacial score (nSPS) is 11.7. The Balaban J connectivity index is 2.22. The van der Waals surface area contributed by atoms with Crippen LogP contribution >= 0.6 is 0 Å². The Bertz CT molecular complexity index is 496. The smallest absolute Gasteiger partial charge is 0.273 e. The van der Waals surface area contributed by atoms with Crippen molar-refractivity contribution < 1.29 is 27.1 Å². The van der Waals surface area contributed by atoms with Crippen molar-refractivity contribution in [2.45, 2.75) is 17.9 Å². The van der Waals surface area contributed by atoms with Gasteiger partial charge in [0, 0.05) is 20.3 Å². The molecule has 0 unspecified atom stereocenters. The van der Waals surface area contributed by atoms with Crippen LogP contribution in [-0.2, 0) is 19.5 Å². The lowest BCUT2D eigenvalue weighted by atomic mass is 10.3. The summed E-state index contributed by atoms with van der Waals surface area (Å²) in [6, 6.07) is 2.56. The van der Waals surface area contributed by atoms with Crippen LogP contribution in [0, 0.1) is 0 Å². The molecule has 8 heteroatoms. The minimum atomic E-state index is -3.69. The summed E-state index contributed by atoms with van der Waals surface area (Å²) in [5.41, 5.74) is 0. The first-order valence-electron chi connectivity index (χ1n) is 6.21. The van der Waals surface area contributed by atoms with Crippen LogP contribution in [0.15, 0.2) is 21.6 Å². The molecule has 114 valence electrons. The van der Waals surface area contributed by atoms with Gasteiger partial charge >= 0.3 is 0 Å². The van der Waals surface area contributed by atoms with E-state index in [4.69, 9.17) is 13.9 Å². The minimum absolute atomic E-state index is 0.0167. The van der Waals surface area contributed by atoms with E-state index in [2.05, 4.69) is 4.72 Å². The largest absolute Gasteiger partial charge is 0.440 e. The first-order chi connectivity index (χ1) is 9.60. The molecule has 0 aliphatic carbocycles. The van der Waals surface area contributed by atoms with E-state index in [0.717, 1.165) is 6.42 Å². The second-order valence-electron chi connectivity index (χ2n) is 3.98. The highest BCUT2D eigenvalue weighted by atomic mass is 32.2. The monoisotopic (exact) mass is 305 g/mol. The maximum absolute atomic E-state index is 11.8. The van der Waals surface area contributed by atoms with Gasteiger partial charge < -0.3 is 13.9 Å². The first-order valence-corrected chi connectivity index (χ1v) is 7.70. The van der Waals surface area contributed by atoms with Crippen molar-refractivity contribution in [2.24, 2.45) is 0 Å². The number of sulfonamides is 1. The van der Waals surface area contributed by atoms with Crippen LogP contribution in [0.3, 0.4) is 0 Å². The molecular formula is C12H19NO6S. The quantitative estimate of drug-likeness (QED) is 0.480. The van der Waals surface area contributed by atoms with Gasteiger partial charge in [-0.1, -0.05) is 0 Å². The van der Waals surface area contributed by atoms with Gasteiger partial charge in [-0.25, -0.2) is 13.1 Å². The van der Waals surface area contributed by atoms with Crippen molar-refractivity contribution in [1.29, 1.82) is 0 Å². The molecule has 7 nitrogen and oxygen atoms in total.